The van der Waals surface area contributed by atoms with Crippen molar-refractivity contribution in [2.45, 2.75) is 0 Å². The number of hydrogen-bond acceptors (Lipinski definition) is 7. The monoisotopic (exact) mass is 471 g/mol. The molecule has 4 heterocycles. The van der Waals surface area contributed by atoms with Crippen molar-refractivity contribution in [2.75, 3.05) is 18.5 Å². The van der Waals surface area contributed by atoms with Crippen LogP contribution >= 0.6 is 11.3 Å². The molecule has 1 amide bonds. The first-order valence-corrected chi connectivity index (χ1v) is 11.3. The number of thiophene rings is 1. The highest BCUT2D eigenvalue weighted by atomic mass is 32.1. The van der Waals surface area contributed by atoms with Crippen LogP contribution in [0, 0.1) is 0 Å². The Morgan fingerprint density at radius 1 is 1.06 bits per heavy atom. The molecule has 9 nitrogen and oxygen atoms in total. The van der Waals surface area contributed by atoms with Crippen LogP contribution in [0.2, 0.25) is 0 Å². The highest BCUT2D eigenvalue weighted by Gasteiger charge is 2.17. The van der Waals surface area contributed by atoms with Gasteiger partial charge >= 0.3 is 0 Å². The average molecular weight is 471 g/mol. The van der Waals surface area contributed by atoms with Crippen LogP contribution in [0.25, 0.3) is 27.2 Å². The molecule has 6 rings (SSSR count). The van der Waals surface area contributed by atoms with Gasteiger partial charge in [0.1, 0.15) is 18.6 Å². The highest BCUT2D eigenvalue weighted by molar-refractivity contribution is 7.17. The van der Waals surface area contributed by atoms with Crippen molar-refractivity contribution >= 4 is 34.0 Å². The fourth-order valence-corrected chi connectivity index (χ4v) is 4.69. The summed E-state index contributed by atoms with van der Waals surface area (Å²) in [6.45, 7) is 1.06. The van der Waals surface area contributed by atoms with Crippen LogP contribution in [0.1, 0.15) is 9.67 Å². The molecule has 10 heteroatoms. The van der Waals surface area contributed by atoms with Gasteiger partial charge in [0, 0.05) is 4.88 Å². The molecule has 1 aliphatic rings. The first-order chi connectivity index (χ1) is 16.7. The number of carbonyl (C=O) groups excluding carboxylic acids is 1. The molecule has 0 spiro atoms. The van der Waals surface area contributed by atoms with Gasteiger partial charge in [-0.1, -0.05) is 12.1 Å². The first kappa shape index (κ1) is 20.2. The maximum atomic E-state index is 13.1. The van der Waals surface area contributed by atoms with Gasteiger partial charge in [0.25, 0.3) is 11.5 Å². The maximum Gasteiger partial charge on any atom is 0.265 e. The molecule has 0 saturated carbocycles. The third-order valence-electron chi connectivity index (χ3n) is 5.41. The van der Waals surface area contributed by atoms with E-state index in [2.05, 4.69) is 20.4 Å². The second-order valence-corrected chi connectivity index (χ2v) is 8.60. The van der Waals surface area contributed by atoms with Crippen molar-refractivity contribution in [3.8, 4) is 27.6 Å². The van der Waals surface area contributed by atoms with Crippen LogP contribution in [0.3, 0.4) is 0 Å². The molecule has 0 atom stereocenters. The van der Waals surface area contributed by atoms with E-state index in [1.165, 1.54) is 28.5 Å². The third kappa shape index (κ3) is 3.50. The molecular weight excluding hydrogens is 454 g/mol. The predicted octanol–water partition coefficient (Wildman–Crippen LogP) is 3.86. The van der Waals surface area contributed by atoms with E-state index in [0.29, 0.717) is 46.2 Å². The van der Waals surface area contributed by atoms with E-state index in [0.717, 1.165) is 16.2 Å². The van der Waals surface area contributed by atoms with E-state index in [1.54, 1.807) is 18.2 Å². The maximum absolute atomic E-state index is 13.1. The molecule has 0 saturated heterocycles. The van der Waals surface area contributed by atoms with E-state index in [-0.39, 0.29) is 11.5 Å². The number of nitrogens with zero attached hydrogens (tertiary/aromatic N) is 3. The molecule has 0 aliphatic carbocycles. The summed E-state index contributed by atoms with van der Waals surface area (Å²) >= 11 is 1.38. The lowest BCUT2D eigenvalue weighted by Gasteiger charge is -2.18. The van der Waals surface area contributed by atoms with Crippen LogP contribution in [-0.2, 0) is 0 Å². The summed E-state index contributed by atoms with van der Waals surface area (Å²) in [7, 11) is 0. The summed E-state index contributed by atoms with van der Waals surface area (Å²) in [5.74, 6) is 1.18. The fraction of sp³-hybridized carbons (Fsp3) is 0.0833. The van der Waals surface area contributed by atoms with Crippen molar-refractivity contribution in [3.05, 3.63) is 82.4 Å². The van der Waals surface area contributed by atoms with Crippen molar-refractivity contribution < 1.29 is 14.3 Å². The highest BCUT2D eigenvalue weighted by Crippen LogP contribution is 2.37. The number of aromatic amines is 1. The molecule has 0 unspecified atom stereocenters. The Bertz CT molecular complexity index is 1600. The van der Waals surface area contributed by atoms with Gasteiger partial charge in [-0.25, -0.2) is 9.67 Å². The van der Waals surface area contributed by atoms with Gasteiger partial charge in [-0.05, 0) is 48.0 Å². The number of H-pyrrole nitrogens is 1. The van der Waals surface area contributed by atoms with Crippen LogP contribution < -0.4 is 20.3 Å². The Kier molecular flexibility index (Phi) is 4.84. The molecule has 34 heavy (non-hydrogen) atoms. The van der Waals surface area contributed by atoms with Gasteiger partial charge in [-0.3, -0.25) is 9.59 Å². The minimum absolute atomic E-state index is 0.247. The molecule has 2 N–H and O–H groups in total. The Morgan fingerprint density at radius 3 is 2.82 bits per heavy atom. The summed E-state index contributed by atoms with van der Waals surface area (Å²) in [5, 5.41) is 7.64. The minimum atomic E-state index is -0.275. The van der Waals surface area contributed by atoms with Crippen LogP contribution in [-0.4, -0.2) is 38.9 Å². The number of fused-ring (bicyclic) bond motifs is 2. The predicted molar refractivity (Wildman–Crippen MR) is 128 cm³/mol. The normalized spacial score (nSPS) is 12.6. The molecule has 0 radical (unpaired) electrons. The lowest BCUT2D eigenvalue weighted by molar-refractivity contribution is 0.103. The van der Waals surface area contributed by atoms with E-state index in [1.807, 2.05) is 36.4 Å². The number of anilines is 1. The van der Waals surface area contributed by atoms with Crippen LogP contribution in [0.4, 0.5) is 5.69 Å². The Hall–Kier alpha value is -4.44. The molecular formula is C24H17N5O4S. The number of carbonyl (C=O) groups is 1. The van der Waals surface area contributed by atoms with Crippen molar-refractivity contribution in [1.82, 2.24) is 19.7 Å². The van der Waals surface area contributed by atoms with Gasteiger partial charge in [0.15, 0.2) is 17.1 Å². The SMILES string of the molecule is O=C(Nc1ccccc1-n1ncc2c(=O)[nH]cnc21)c1ccc(-c2ccc3c(c2)OCCO3)s1. The quantitative estimate of drug-likeness (QED) is 0.412. The second-order valence-electron chi connectivity index (χ2n) is 7.52. The Labute approximate surface area is 196 Å². The molecule has 168 valence electrons. The van der Waals surface area contributed by atoms with E-state index in [9.17, 15) is 9.59 Å². The van der Waals surface area contributed by atoms with Crippen molar-refractivity contribution in [1.29, 1.82) is 0 Å². The fourth-order valence-electron chi connectivity index (χ4n) is 3.79. The number of rotatable bonds is 4. The molecule has 0 fully saturated rings. The molecule has 3 aromatic heterocycles. The molecule has 2 aromatic carbocycles. The summed E-state index contributed by atoms with van der Waals surface area (Å²) in [6.07, 6.45) is 2.79. The minimum Gasteiger partial charge on any atom is -0.486 e. The summed E-state index contributed by atoms with van der Waals surface area (Å²) in [4.78, 5) is 33.4. The summed E-state index contributed by atoms with van der Waals surface area (Å²) in [6, 6.07) is 16.7. The van der Waals surface area contributed by atoms with Crippen molar-refractivity contribution in [2.24, 2.45) is 0 Å². The van der Waals surface area contributed by atoms with E-state index >= 15 is 0 Å². The number of aromatic nitrogens is 4. The van der Waals surface area contributed by atoms with Gasteiger partial charge in [-0.15, -0.1) is 11.3 Å². The molecule has 1 aliphatic heterocycles. The van der Waals surface area contributed by atoms with Gasteiger partial charge in [0.05, 0.1) is 28.8 Å². The standard InChI is InChI=1S/C24H17N5O4S/c30-23-15-12-27-29(22(15)25-13-26-23)17-4-2-1-3-16(17)28-24(31)21-8-7-20(34-21)14-5-6-18-19(11-14)33-10-9-32-18/h1-8,11-13H,9-10H2,(H,28,31)(H,25,26,30). The Balaban J connectivity index is 1.29. The van der Waals surface area contributed by atoms with Gasteiger partial charge in [-0.2, -0.15) is 5.10 Å². The van der Waals surface area contributed by atoms with Crippen molar-refractivity contribution in [3.63, 3.8) is 0 Å². The number of ether oxygens (including phenoxy) is 2. The second kappa shape index (κ2) is 8.16. The molecule has 0 bridgehead atoms. The molecule has 5 aromatic rings. The largest absolute Gasteiger partial charge is 0.486 e. The van der Waals surface area contributed by atoms with Crippen LogP contribution in [0.5, 0.6) is 11.5 Å². The smallest absolute Gasteiger partial charge is 0.265 e. The van der Waals surface area contributed by atoms with Crippen LogP contribution in [0.15, 0.2) is 71.9 Å². The zero-order valence-electron chi connectivity index (χ0n) is 17.6. The van der Waals surface area contributed by atoms with Gasteiger partial charge in [0.2, 0.25) is 0 Å². The number of amides is 1. The number of benzene rings is 2. The zero-order chi connectivity index (χ0) is 23.1. The number of nitrogens with one attached hydrogen (secondary N) is 2. The topological polar surface area (TPSA) is 111 Å². The average Bonchev–Trinajstić information content (AvgIpc) is 3.53. The summed E-state index contributed by atoms with van der Waals surface area (Å²) < 4.78 is 12.8. The lowest BCUT2D eigenvalue weighted by Crippen LogP contribution is -2.15. The Morgan fingerprint density at radius 2 is 1.91 bits per heavy atom. The number of hydrogen-bond donors (Lipinski definition) is 2. The van der Waals surface area contributed by atoms with E-state index in [4.69, 9.17) is 9.47 Å². The lowest BCUT2D eigenvalue weighted by atomic mass is 10.1. The summed E-state index contributed by atoms with van der Waals surface area (Å²) in [5.41, 5.74) is 2.24. The van der Waals surface area contributed by atoms with E-state index < -0.39 is 0 Å². The van der Waals surface area contributed by atoms with Gasteiger partial charge < -0.3 is 19.8 Å². The third-order valence-corrected chi connectivity index (χ3v) is 6.54. The number of para-hydroxylation sites is 2. The zero-order valence-corrected chi connectivity index (χ0v) is 18.5. The first-order valence-electron chi connectivity index (χ1n) is 10.5.